The van der Waals surface area contributed by atoms with Gasteiger partial charge >= 0.3 is 6.03 Å². The van der Waals surface area contributed by atoms with Gasteiger partial charge in [-0.2, -0.15) is 5.10 Å². The van der Waals surface area contributed by atoms with Crippen molar-refractivity contribution in [2.45, 2.75) is 25.3 Å². The highest BCUT2D eigenvalue weighted by atomic mass is 16.5. The first kappa shape index (κ1) is 17.9. The SMILES string of the molecule is COc1cc(NC(=O)N(C)Cc2cc(C3CC3)n[nH]2)cc(OC)c1OC. The lowest BCUT2D eigenvalue weighted by atomic mass is 10.2. The lowest BCUT2D eigenvalue weighted by Crippen LogP contribution is -2.31. The number of ether oxygens (including phenoxy) is 3. The van der Waals surface area contributed by atoms with Gasteiger partial charge in [-0.05, 0) is 18.9 Å². The predicted octanol–water partition coefficient (Wildman–Crippen LogP) is 2.98. The van der Waals surface area contributed by atoms with E-state index in [1.807, 2.05) is 6.07 Å². The fraction of sp³-hybridized carbons (Fsp3) is 0.444. The van der Waals surface area contributed by atoms with E-state index in [-0.39, 0.29) is 6.03 Å². The Bertz CT molecular complexity index is 760. The highest BCUT2D eigenvalue weighted by molar-refractivity contribution is 5.90. The molecule has 3 rings (SSSR count). The van der Waals surface area contributed by atoms with Crippen molar-refractivity contribution in [3.8, 4) is 17.2 Å². The van der Waals surface area contributed by atoms with E-state index < -0.39 is 0 Å². The molecular formula is C18H24N4O4. The molecule has 8 nitrogen and oxygen atoms in total. The summed E-state index contributed by atoms with van der Waals surface area (Å²) in [5.41, 5.74) is 2.55. The summed E-state index contributed by atoms with van der Waals surface area (Å²) in [7, 11) is 6.33. The second-order valence-corrected chi connectivity index (χ2v) is 6.29. The van der Waals surface area contributed by atoms with E-state index in [2.05, 4.69) is 15.5 Å². The lowest BCUT2D eigenvalue weighted by molar-refractivity contribution is 0.220. The first-order chi connectivity index (χ1) is 12.5. The Balaban J connectivity index is 1.67. The molecule has 0 atom stereocenters. The fourth-order valence-corrected chi connectivity index (χ4v) is 2.75. The molecule has 8 heteroatoms. The number of urea groups is 1. The van der Waals surface area contributed by atoms with Crippen LogP contribution in [0.4, 0.5) is 10.5 Å². The van der Waals surface area contributed by atoms with Crippen molar-refractivity contribution >= 4 is 11.7 Å². The number of methoxy groups -OCH3 is 3. The first-order valence-corrected chi connectivity index (χ1v) is 8.42. The van der Waals surface area contributed by atoms with E-state index in [0.29, 0.717) is 35.4 Å². The second kappa shape index (κ2) is 7.55. The third kappa shape index (κ3) is 3.84. The van der Waals surface area contributed by atoms with Gasteiger partial charge < -0.3 is 24.4 Å². The maximum Gasteiger partial charge on any atom is 0.321 e. The summed E-state index contributed by atoms with van der Waals surface area (Å²) in [6.07, 6.45) is 2.39. The lowest BCUT2D eigenvalue weighted by Gasteiger charge is -2.19. The molecule has 1 fully saturated rings. The van der Waals surface area contributed by atoms with Crippen LogP contribution in [0.1, 0.15) is 30.1 Å². The summed E-state index contributed by atoms with van der Waals surface area (Å²) in [5, 5.41) is 10.2. The number of hydrogen-bond acceptors (Lipinski definition) is 5. The Hall–Kier alpha value is -2.90. The van der Waals surface area contributed by atoms with Gasteiger partial charge in [0, 0.05) is 25.1 Å². The van der Waals surface area contributed by atoms with E-state index in [1.165, 1.54) is 34.2 Å². The topological polar surface area (TPSA) is 88.7 Å². The van der Waals surface area contributed by atoms with Crippen LogP contribution in [0.15, 0.2) is 18.2 Å². The minimum Gasteiger partial charge on any atom is -0.493 e. The number of aromatic nitrogens is 2. The van der Waals surface area contributed by atoms with Gasteiger partial charge in [-0.15, -0.1) is 0 Å². The van der Waals surface area contributed by atoms with E-state index in [0.717, 1.165) is 11.4 Å². The maximum absolute atomic E-state index is 12.5. The maximum atomic E-state index is 12.5. The third-order valence-corrected chi connectivity index (χ3v) is 4.32. The van der Waals surface area contributed by atoms with E-state index in [4.69, 9.17) is 14.2 Å². The Morgan fingerprint density at radius 3 is 2.38 bits per heavy atom. The van der Waals surface area contributed by atoms with Gasteiger partial charge in [0.1, 0.15) is 0 Å². The molecule has 26 heavy (non-hydrogen) atoms. The fourth-order valence-electron chi connectivity index (χ4n) is 2.75. The zero-order valence-corrected chi connectivity index (χ0v) is 15.5. The van der Waals surface area contributed by atoms with E-state index >= 15 is 0 Å². The molecule has 0 unspecified atom stereocenters. The van der Waals surface area contributed by atoms with Crippen LogP contribution >= 0.6 is 0 Å². The predicted molar refractivity (Wildman–Crippen MR) is 97.1 cm³/mol. The molecule has 1 aliphatic carbocycles. The van der Waals surface area contributed by atoms with Crippen molar-refractivity contribution in [1.82, 2.24) is 15.1 Å². The molecule has 0 radical (unpaired) electrons. The van der Waals surface area contributed by atoms with Crippen molar-refractivity contribution in [2.24, 2.45) is 0 Å². The Morgan fingerprint density at radius 1 is 1.19 bits per heavy atom. The first-order valence-electron chi connectivity index (χ1n) is 8.42. The molecule has 0 spiro atoms. The number of H-pyrrole nitrogens is 1. The molecule has 2 N–H and O–H groups in total. The third-order valence-electron chi connectivity index (χ3n) is 4.32. The monoisotopic (exact) mass is 360 g/mol. The molecule has 2 amide bonds. The number of nitrogens with one attached hydrogen (secondary N) is 2. The summed E-state index contributed by atoms with van der Waals surface area (Å²) >= 11 is 0. The Kier molecular flexibility index (Phi) is 5.20. The number of nitrogens with zero attached hydrogens (tertiary/aromatic N) is 2. The molecule has 1 saturated carbocycles. The molecule has 140 valence electrons. The Morgan fingerprint density at radius 2 is 1.85 bits per heavy atom. The second-order valence-electron chi connectivity index (χ2n) is 6.29. The number of benzene rings is 1. The van der Waals surface area contributed by atoms with Gasteiger partial charge in [0.05, 0.1) is 44.9 Å². The summed E-state index contributed by atoms with van der Waals surface area (Å²) in [6, 6.07) is 5.16. The zero-order chi connectivity index (χ0) is 18.7. The smallest absolute Gasteiger partial charge is 0.321 e. The number of carbonyl (C=O) groups excluding carboxylic acids is 1. The molecule has 1 heterocycles. The number of rotatable bonds is 7. The molecule has 0 aliphatic heterocycles. The van der Waals surface area contributed by atoms with Crippen molar-refractivity contribution in [1.29, 1.82) is 0 Å². The molecule has 1 aliphatic rings. The van der Waals surface area contributed by atoms with Crippen molar-refractivity contribution in [3.63, 3.8) is 0 Å². The average Bonchev–Trinajstić information content (AvgIpc) is 3.40. The molecule has 0 bridgehead atoms. The van der Waals surface area contributed by atoms with E-state index in [9.17, 15) is 4.79 Å². The van der Waals surface area contributed by atoms with Crippen LogP contribution in [-0.4, -0.2) is 49.5 Å². The summed E-state index contributed by atoms with van der Waals surface area (Å²) in [4.78, 5) is 14.1. The Labute approximate surface area is 152 Å². The van der Waals surface area contributed by atoms with Gasteiger partial charge in [0.25, 0.3) is 0 Å². The molecule has 2 aromatic rings. The van der Waals surface area contributed by atoms with Gasteiger partial charge in [-0.3, -0.25) is 5.10 Å². The summed E-state index contributed by atoms with van der Waals surface area (Å²) in [5.74, 6) is 2.02. The molecular weight excluding hydrogens is 336 g/mol. The number of carbonyl (C=O) groups is 1. The minimum absolute atomic E-state index is 0.248. The number of anilines is 1. The molecule has 1 aromatic carbocycles. The summed E-state index contributed by atoms with van der Waals surface area (Å²) < 4.78 is 15.9. The van der Waals surface area contributed by atoms with E-state index in [1.54, 1.807) is 24.1 Å². The van der Waals surface area contributed by atoms with Gasteiger partial charge in [-0.1, -0.05) is 0 Å². The van der Waals surface area contributed by atoms with Gasteiger partial charge in [0.15, 0.2) is 11.5 Å². The van der Waals surface area contributed by atoms with Crippen molar-refractivity contribution in [3.05, 3.63) is 29.6 Å². The van der Waals surface area contributed by atoms with Crippen LogP contribution in [0.2, 0.25) is 0 Å². The van der Waals surface area contributed by atoms with Gasteiger partial charge in [0.2, 0.25) is 5.75 Å². The molecule has 1 aromatic heterocycles. The van der Waals surface area contributed by atoms with Crippen molar-refractivity contribution in [2.75, 3.05) is 33.7 Å². The number of amides is 2. The largest absolute Gasteiger partial charge is 0.493 e. The van der Waals surface area contributed by atoms with Crippen LogP contribution in [0.5, 0.6) is 17.2 Å². The van der Waals surface area contributed by atoms with Crippen LogP contribution in [-0.2, 0) is 6.54 Å². The highest BCUT2D eigenvalue weighted by Crippen LogP contribution is 2.40. The zero-order valence-electron chi connectivity index (χ0n) is 15.5. The minimum atomic E-state index is -0.248. The highest BCUT2D eigenvalue weighted by Gasteiger charge is 2.26. The number of hydrogen-bond donors (Lipinski definition) is 2. The van der Waals surface area contributed by atoms with Gasteiger partial charge in [-0.25, -0.2) is 4.79 Å². The average molecular weight is 360 g/mol. The normalized spacial score (nSPS) is 13.2. The van der Waals surface area contributed by atoms with Crippen LogP contribution in [0, 0.1) is 0 Å². The van der Waals surface area contributed by atoms with Crippen LogP contribution in [0.3, 0.4) is 0 Å². The molecule has 0 saturated heterocycles. The van der Waals surface area contributed by atoms with Crippen LogP contribution < -0.4 is 19.5 Å². The number of aromatic amines is 1. The summed E-state index contributed by atoms with van der Waals surface area (Å²) in [6.45, 7) is 0.440. The quantitative estimate of drug-likeness (QED) is 0.792. The standard InChI is InChI=1S/C18H24N4O4/c1-22(10-13-7-14(21-20-13)11-5-6-11)18(23)19-12-8-15(24-2)17(26-4)16(9-12)25-3/h7-9,11H,5-6,10H2,1-4H3,(H,19,23)(H,20,21). The van der Waals surface area contributed by atoms with Crippen molar-refractivity contribution < 1.29 is 19.0 Å². The van der Waals surface area contributed by atoms with Crippen LogP contribution in [0.25, 0.3) is 0 Å².